The summed E-state index contributed by atoms with van der Waals surface area (Å²) in [6.07, 6.45) is 2.61. The van der Waals surface area contributed by atoms with Gasteiger partial charge in [0.1, 0.15) is 0 Å². The van der Waals surface area contributed by atoms with Gasteiger partial charge in [-0.2, -0.15) is 0 Å². The van der Waals surface area contributed by atoms with E-state index in [9.17, 15) is 0 Å². The number of hydrogen-bond acceptors (Lipinski definition) is 3. The summed E-state index contributed by atoms with van der Waals surface area (Å²) in [5.74, 6) is 0. The summed E-state index contributed by atoms with van der Waals surface area (Å²) in [6, 6.07) is 0. The predicted molar refractivity (Wildman–Crippen MR) is 50.5 cm³/mol. The lowest BCUT2D eigenvalue weighted by atomic mass is 10.3. The highest BCUT2D eigenvalue weighted by Gasteiger charge is 1.96. The van der Waals surface area contributed by atoms with Crippen molar-refractivity contribution in [3.05, 3.63) is 0 Å². The van der Waals surface area contributed by atoms with E-state index in [2.05, 4.69) is 12.2 Å². The highest BCUT2D eigenvalue weighted by molar-refractivity contribution is 4.54. The van der Waals surface area contributed by atoms with Crippen molar-refractivity contribution in [2.75, 3.05) is 33.9 Å². The average molecular weight is 175 g/mol. The van der Waals surface area contributed by atoms with Crippen LogP contribution in [0.2, 0.25) is 0 Å². The van der Waals surface area contributed by atoms with E-state index in [4.69, 9.17) is 9.47 Å². The van der Waals surface area contributed by atoms with Crippen LogP contribution >= 0.6 is 0 Å². The number of unbranched alkanes of at least 4 members (excludes halogenated alkanes) is 1. The maximum atomic E-state index is 5.09. The molecular formula is C9H21NO2. The number of nitrogens with one attached hydrogen (secondary N) is 1. The zero-order chi connectivity index (χ0) is 9.23. The van der Waals surface area contributed by atoms with Gasteiger partial charge in [0.25, 0.3) is 0 Å². The first kappa shape index (κ1) is 11.9. The van der Waals surface area contributed by atoms with Gasteiger partial charge in [0.2, 0.25) is 0 Å². The Kier molecular flexibility index (Phi) is 8.88. The van der Waals surface area contributed by atoms with Gasteiger partial charge in [-0.05, 0) is 26.3 Å². The molecule has 0 heterocycles. The van der Waals surface area contributed by atoms with Crippen LogP contribution in [0.15, 0.2) is 0 Å². The molecule has 3 heteroatoms. The summed E-state index contributed by atoms with van der Waals surface area (Å²) in [6.45, 7) is 4.91. The fourth-order valence-electron chi connectivity index (χ4n) is 0.885. The van der Waals surface area contributed by atoms with Crippen molar-refractivity contribution in [2.45, 2.75) is 25.9 Å². The van der Waals surface area contributed by atoms with Crippen molar-refractivity contribution in [1.82, 2.24) is 5.32 Å². The SMILES string of the molecule is COCCCCNCC(C)OC. The number of hydrogen-bond donors (Lipinski definition) is 1. The Hall–Kier alpha value is -0.120. The van der Waals surface area contributed by atoms with Crippen LogP contribution in [0.4, 0.5) is 0 Å². The van der Waals surface area contributed by atoms with E-state index in [-0.39, 0.29) is 0 Å². The minimum absolute atomic E-state index is 0.312. The number of rotatable bonds is 8. The van der Waals surface area contributed by atoms with Crippen LogP contribution in [0.1, 0.15) is 19.8 Å². The molecule has 0 fully saturated rings. The second-order valence-corrected chi connectivity index (χ2v) is 2.95. The summed E-state index contributed by atoms with van der Waals surface area (Å²) < 4.78 is 10.0. The average Bonchev–Trinajstić information content (AvgIpc) is 2.10. The summed E-state index contributed by atoms with van der Waals surface area (Å²) >= 11 is 0. The van der Waals surface area contributed by atoms with Gasteiger partial charge in [0.15, 0.2) is 0 Å². The minimum Gasteiger partial charge on any atom is -0.385 e. The van der Waals surface area contributed by atoms with Gasteiger partial charge in [-0.25, -0.2) is 0 Å². The molecule has 0 aliphatic rings. The van der Waals surface area contributed by atoms with E-state index < -0.39 is 0 Å². The molecule has 0 amide bonds. The van der Waals surface area contributed by atoms with Crippen LogP contribution in [0, 0.1) is 0 Å². The molecule has 0 aliphatic heterocycles. The summed E-state index contributed by atoms with van der Waals surface area (Å²) in [5, 5.41) is 3.31. The fourth-order valence-corrected chi connectivity index (χ4v) is 0.885. The van der Waals surface area contributed by atoms with E-state index in [0.717, 1.165) is 26.1 Å². The van der Waals surface area contributed by atoms with Crippen LogP contribution in [-0.4, -0.2) is 40.0 Å². The minimum atomic E-state index is 0.312. The van der Waals surface area contributed by atoms with Crippen LogP contribution in [0.5, 0.6) is 0 Å². The molecule has 0 aromatic rings. The Balaban J connectivity index is 2.90. The van der Waals surface area contributed by atoms with Crippen molar-refractivity contribution in [2.24, 2.45) is 0 Å². The summed E-state index contributed by atoms with van der Waals surface area (Å²) in [4.78, 5) is 0. The van der Waals surface area contributed by atoms with Crippen molar-refractivity contribution in [3.63, 3.8) is 0 Å². The van der Waals surface area contributed by atoms with E-state index in [0.29, 0.717) is 6.10 Å². The zero-order valence-corrected chi connectivity index (χ0v) is 8.43. The summed E-state index contributed by atoms with van der Waals surface area (Å²) in [7, 11) is 3.47. The third kappa shape index (κ3) is 7.98. The summed E-state index contributed by atoms with van der Waals surface area (Å²) in [5.41, 5.74) is 0. The Morgan fingerprint density at radius 1 is 1.25 bits per heavy atom. The normalized spacial score (nSPS) is 13.2. The quantitative estimate of drug-likeness (QED) is 0.559. The number of methoxy groups -OCH3 is 2. The molecule has 12 heavy (non-hydrogen) atoms. The van der Waals surface area contributed by atoms with E-state index in [1.54, 1.807) is 14.2 Å². The fraction of sp³-hybridized carbons (Fsp3) is 1.00. The Labute approximate surface area is 75.4 Å². The lowest BCUT2D eigenvalue weighted by Crippen LogP contribution is -2.26. The first-order valence-electron chi connectivity index (χ1n) is 4.53. The van der Waals surface area contributed by atoms with Gasteiger partial charge in [-0.1, -0.05) is 0 Å². The van der Waals surface area contributed by atoms with Crippen LogP contribution < -0.4 is 5.32 Å². The molecule has 3 nitrogen and oxygen atoms in total. The Morgan fingerprint density at radius 2 is 2.00 bits per heavy atom. The van der Waals surface area contributed by atoms with E-state index >= 15 is 0 Å². The maximum Gasteiger partial charge on any atom is 0.0667 e. The second kappa shape index (κ2) is 8.97. The molecule has 0 saturated carbocycles. The molecule has 0 aromatic heterocycles. The molecular weight excluding hydrogens is 154 g/mol. The molecule has 0 aromatic carbocycles. The lowest BCUT2D eigenvalue weighted by molar-refractivity contribution is 0.117. The van der Waals surface area contributed by atoms with Crippen LogP contribution in [0.3, 0.4) is 0 Å². The smallest absolute Gasteiger partial charge is 0.0667 e. The topological polar surface area (TPSA) is 30.5 Å². The molecule has 1 unspecified atom stereocenters. The monoisotopic (exact) mass is 175 g/mol. The van der Waals surface area contributed by atoms with Gasteiger partial charge in [-0.15, -0.1) is 0 Å². The third-order valence-corrected chi connectivity index (χ3v) is 1.79. The second-order valence-electron chi connectivity index (χ2n) is 2.95. The van der Waals surface area contributed by atoms with Crippen LogP contribution in [0.25, 0.3) is 0 Å². The Bertz CT molecular complexity index is 88.6. The molecule has 0 saturated heterocycles. The van der Waals surface area contributed by atoms with E-state index in [1.807, 2.05) is 0 Å². The van der Waals surface area contributed by atoms with Gasteiger partial charge < -0.3 is 14.8 Å². The molecule has 0 rings (SSSR count). The first-order chi connectivity index (χ1) is 5.81. The maximum absolute atomic E-state index is 5.09. The van der Waals surface area contributed by atoms with Gasteiger partial charge in [0.05, 0.1) is 6.10 Å². The molecule has 0 spiro atoms. The standard InChI is InChI=1S/C9H21NO2/c1-9(12-3)8-10-6-4-5-7-11-2/h9-10H,4-8H2,1-3H3. The molecule has 74 valence electrons. The van der Waals surface area contributed by atoms with Crippen molar-refractivity contribution in [1.29, 1.82) is 0 Å². The van der Waals surface area contributed by atoms with Gasteiger partial charge >= 0.3 is 0 Å². The molecule has 1 atom stereocenters. The molecule has 0 bridgehead atoms. The highest BCUT2D eigenvalue weighted by atomic mass is 16.5. The highest BCUT2D eigenvalue weighted by Crippen LogP contribution is 1.88. The van der Waals surface area contributed by atoms with Gasteiger partial charge in [0, 0.05) is 27.4 Å². The zero-order valence-electron chi connectivity index (χ0n) is 8.43. The number of ether oxygens (including phenoxy) is 2. The van der Waals surface area contributed by atoms with Crippen molar-refractivity contribution < 1.29 is 9.47 Å². The lowest BCUT2D eigenvalue weighted by Gasteiger charge is -2.10. The first-order valence-corrected chi connectivity index (χ1v) is 4.53. The van der Waals surface area contributed by atoms with Crippen molar-refractivity contribution >= 4 is 0 Å². The predicted octanol–water partition coefficient (Wildman–Crippen LogP) is 1.04. The largest absolute Gasteiger partial charge is 0.385 e. The van der Waals surface area contributed by atoms with Gasteiger partial charge in [-0.3, -0.25) is 0 Å². The van der Waals surface area contributed by atoms with E-state index in [1.165, 1.54) is 6.42 Å². The molecule has 1 N–H and O–H groups in total. The molecule has 0 radical (unpaired) electrons. The van der Waals surface area contributed by atoms with Crippen molar-refractivity contribution in [3.8, 4) is 0 Å². The Morgan fingerprint density at radius 3 is 2.58 bits per heavy atom. The third-order valence-electron chi connectivity index (χ3n) is 1.79. The van der Waals surface area contributed by atoms with Crippen LogP contribution in [-0.2, 0) is 9.47 Å². The molecule has 0 aliphatic carbocycles.